The molecule has 3 aliphatic carbocycles. The van der Waals surface area contributed by atoms with E-state index in [0.717, 1.165) is 12.8 Å². The monoisotopic (exact) mass is 259 g/mol. The third-order valence-electron chi connectivity index (χ3n) is 5.84. The first kappa shape index (κ1) is 11.7. The Morgan fingerprint density at radius 2 is 1.21 bits per heavy atom. The van der Waals surface area contributed by atoms with Gasteiger partial charge >= 0.3 is 0 Å². The minimum atomic E-state index is -0.0327. The summed E-state index contributed by atoms with van der Waals surface area (Å²) in [5.74, 6) is 0.737. The lowest BCUT2D eigenvalue weighted by Crippen LogP contribution is -2.41. The van der Waals surface area contributed by atoms with Gasteiger partial charge in [-0.2, -0.15) is 0 Å². The minimum Gasteiger partial charge on any atom is -0.296 e. The molecule has 19 heavy (non-hydrogen) atoms. The van der Waals surface area contributed by atoms with Gasteiger partial charge in [-0.3, -0.25) is 14.9 Å². The van der Waals surface area contributed by atoms with Gasteiger partial charge in [0.25, 0.3) is 0 Å². The van der Waals surface area contributed by atoms with E-state index in [0.29, 0.717) is 11.8 Å². The average Bonchev–Trinajstić information content (AvgIpc) is 2.75. The SMILES string of the molecule is O=C1NC(=O)[C@H]2[C@@H]1[C@H]1CCCCC1=C1CCCC[C@H]12. The van der Waals surface area contributed by atoms with E-state index >= 15 is 0 Å². The topological polar surface area (TPSA) is 46.2 Å². The second-order valence-electron chi connectivity index (χ2n) is 6.66. The van der Waals surface area contributed by atoms with Gasteiger partial charge in [-0.15, -0.1) is 0 Å². The van der Waals surface area contributed by atoms with Gasteiger partial charge in [0.2, 0.25) is 11.8 Å². The van der Waals surface area contributed by atoms with E-state index in [9.17, 15) is 9.59 Å². The highest BCUT2D eigenvalue weighted by Gasteiger charge is 2.54. The summed E-state index contributed by atoms with van der Waals surface area (Å²) in [6, 6.07) is 0. The molecule has 0 radical (unpaired) electrons. The van der Waals surface area contributed by atoms with Crippen LogP contribution in [0.15, 0.2) is 11.1 Å². The number of amides is 2. The zero-order valence-corrected chi connectivity index (χ0v) is 11.3. The van der Waals surface area contributed by atoms with Crippen LogP contribution >= 0.6 is 0 Å². The Morgan fingerprint density at radius 1 is 0.737 bits per heavy atom. The molecule has 2 amide bonds. The second-order valence-corrected chi connectivity index (χ2v) is 6.66. The summed E-state index contributed by atoms with van der Waals surface area (Å²) in [5, 5.41) is 2.62. The molecule has 1 aliphatic heterocycles. The fourth-order valence-electron chi connectivity index (χ4n) is 5.15. The largest absolute Gasteiger partial charge is 0.296 e. The summed E-state index contributed by atoms with van der Waals surface area (Å²) in [6.45, 7) is 0. The Bertz CT molecular complexity index is 437. The molecule has 102 valence electrons. The summed E-state index contributed by atoms with van der Waals surface area (Å²) in [6.07, 6.45) is 9.58. The van der Waals surface area contributed by atoms with Gasteiger partial charge in [0.1, 0.15) is 0 Å². The lowest BCUT2D eigenvalue weighted by Gasteiger charge is -2.44. The van der Waals surface area contributed by atoms with Crippen molar-refractivity contribution in [3.8, 4) is 0 Å². The summed E-state index contributed by atoms with van der Waals surface area (Å²) < 4.78 is 0. The highest BCUT2D eigenvalue weighted by molar-refractivity contribution is 6.06. The van der Waals surface area contributed by atoms with Crippen LogP contribution in [-0.4, -0.2) is 11.8 Å². The van der Waals surface area contributed by atoms with Crippen molar-refractivity contribution >= 4 is 11.8 Å². The molecule has 4 atom stereocenters. The maximum atomic E-state index is 12.2. The number of nitrogens with one attached hydrogen (secondary N) is 1. The molecule has 1 heterocycles. The third kappa shape index (κ3) is 1.56. The van der Waals surface area contributed by atoms with Gasteiger partial charge in [-0.1, -0.05) is 24.0 Å². The van der Waals surface area contributed by atoms with Crippen LogP contribution in [-0.2, 0) is 9.59 Å². The minimum absolute atomic E-state index is 0.0176. The normalized spacial score (nSPS) is 41.5. The van der Waals surface area contributed by atoms with E-state index < -0.39 is 0 Å². The fourth-order valence-corrected chi connectivity index (χ4v) is 5.15. The fraction of sp³-hybridized carbons (Fsp3) is 0.750. The third-order valence-corrected chi connectivity index (χ3v) is 5.84. The number of hydrogen-bond donors (Lipinski definition) is 1. The zero-order valence-electron chi connectivity index (χ0n) is 11.3. The molecule has 0 bridgehead atoms. The summed E-state index contributed by atoms with van der Waals surface area (Å²) >= 11 is 0. The molecule has 2 saturated carbocycles. The summed E-state index contributed by atoms with van der Waals surface area (Å²) in [5.41, 5.74) is 3.17. The molecule has 0 spiro atoms. The standard InChI is InChI=1S/C16H21NO2/c18-15-13-11-7-3-1-5-9(11)10-6-2-4-8-12(10)14(13)16(19)17-15/h11-14H,1-8H2,(H,17,18,19)/t11-,12+,13-,14+. The predicted molar refractivity (Wildman–Crippen MR) is 71.1 cm³/mol. The molecule has 1 N–H and O–H groups in total. The average molecular weight is 259 g/mol. The molecule has 0 unspecified atom stereocenters. The van der Waals surface area contributed by atoms with Crippen LogP contribution in [0, 0.1) is 23.7 Å². The first-order valence-electron chi connectivity index (χ1n) is 7.84. The van der Waals surface area contributed by atoms with Crippen molar-refractivity contribution in [3.63, 3.8) is 0 Å². The van der Waals surface area contributed by atoms with E-state index in [1.807, 2.05) is 0 Å². The zero-order chi connectivity index (χ0) is 13.0. The quantitative estimate of drug-likeness (QED) is 0.537. The smallest absolute Gasteiger partial charge is 0.231 e. The molecule has 4 aliphatic rings. The van der Waals surface area contributed by atoms with Crippen LogP contribution < -0.4 is 5.32 Å². The Hall–Kier alpha value is -1.12. The number of carbonyl (C=O) groups excluding carboxylic acids is 2. The maximum absolute atomic E-state index is 12.2. The molecule has 3 heteroatoms. The van der Waals surface area contributed by atoms with Crippen LogP contribution in [0.5, 0.6) is 0 Å². The van der Waals surface area contributed by atoms with Crippen LogP contribution in [0.3, 0.4) is 0 Å². The molecular formula is C16H21NO2. The molecule has 1 saturated heterocycles. The second kappa shape index (κ2) is 4.19. The van der Waals surface area contributed by atoms with Crippen molar-refractivity contribution in [1.82, 2.24) is 5.32 Å². The molecular weight excluding hydrogens is 238 g/mol. The lowest BCUT2D eigenvalue weighted by atomic mass is 9.58. The number of hydrogen-bond acceptors (Lipinski definition) is 2. The molecule has 0 aromatic carbocycles. The molecule has 0 aromatic rings. The van der Waals surface area contributed by atoms with Gasteiger partial charge in [-0.25, -0.2) is 0 Å². The number of imide groups is 1. The number of rotatable bonds is 0. The highest BCUT2D eigenvalue weighted by Crippen LogP contribution is 2.54. The molecule has 0 aromatic heterocycles. The van der Waals surface area contributed by atoms with Crippen LogP contribution in [0.25, 0.3) is 0 Å². The van der Waals surface area contributed by atoms with Crippen LogP contribution in [0.4, 0.5) is 0 Å². The van der Waals surface area contributed by atoms with E-state index in [4.69, 9.17) is 0 Å². The van der Waals surface area contributed by atoms with Crippen LogP contribution in [0.2, 0.25) is 0 Å². The Morgan fingerprint density at radius 3 is 1.68 bits per heavy atom. The summed E-state index contributed by atoms with van der Waals surface area (Å²) in [7, 11) is 0. The maximum Gasteiger partial charge on any atom is 0.231 e. The highest BCUT2D eigenvalue weighted by atomic mass is 16.2. The van der Waals surface area contributed by atoms with Gasteiger partial charge in [0.15, 0.2) is 0 Å². The van der Waals surface area contributed by atoms with Crippen molar-refractivity contribution < 1.29 is 9.59 Å². The van der Waals surface area contributed by atoms with Crippen molar-refractivity contribution in [1.29, 1.82) is 0 Å². The van der Waals surface area contributed by atoms with Crippen LogP contribution in [0.1, 0.15) is 51.4 Å². The Labute approximate surface area is 113 Å². The number of allylic oxidation sites excluding steroid dienone is 2. The molecule has 3 nitrogen and oxygen atoms in total. The van der Waals surface area contributed by atoms with E-state index in [1.165, 1.54) is 38.5 Å². The molecule has 4 rings (SSSR count). The van der Waals surface area contributed by atoms with Crippen molar-refractivity contribution in [2.24, 2.45) is 23.7 Å². The number of fused-ring (bicyclic) bond motifs is 5. The first-order chi connectivity index (χ1) is 9.27. The van der Waals surface area contributed by atoms with E-state index in [1.54, 1.807) is 11.1 Å². The Balaban J connectivity index is 1.83. The number of carbonyl (C=O) groups is 2. The van der Waals surface area contributed by atoms with E-state index in [2.05, 4.69) is 5.32 Å². The van der Waals surface area contributed by atoms with Crippen molar-refractivity contribution in [2.75, 3.05) is 0 Å². The van der Waals surface area contributed by atoms with Gasteiger partial charge in [0.05, 0.1) is 11.8 Å². The molecule has 3 fully saturated rings. The van der Waals surface area contributed by atoms with Gasteiger partial charge in [-0.05, 0) is 50.4 Å². The van der Waals surface area contributed by atoms with Gasteiger partial charge < -0.3 is 0 Å². The summed E-state index contributed by atoms with van der Waals surface area (Å²) in [4.78, 5) is 24.4. The van der Waals surface area contributed by atoms with Gasteiger partial charge in [0, 0.05) is 0 Å². The predicted octanol–water partition coefficient (Wildman–Crippen LogP) is 2.57. The lowest BCUT2D eigenvalue weighted by molar-refractivity contribution is -0.126. The first-order valence-corrected chi connectivity index (χ1v) is 7.84. The Kier molecular flexibility index (Phi) is 2.58. The van der Waals surface area contributed by atoms with Crippen molar-refractivity contribution in [3.05, 3.63) is 11.1 Å². The van der Waals surface area contributed by atoms with E-state index in [-0.39, 0.29) is 23.7 Å². The van der Waals surface area contributed by atoms with Crippen molar-refractivity contribution in [2.45, 2.75) is 51.4 Å².